The average molecular weight is 257 g/mol. The maximum atomic E-state index is 12.4. The number of aromatic nitrogens is 1. The average Bonchev–Trinajstić information content (AvgIpc) is 2.74. The predicted octanol–water partition coefficient (Wildman–Crippen LogP) is 2.57. The van der Waals surface area contributed by atoms with Crippen LogP contribution in [0.4, 0.5) is 0 Å². The molecule has 0 bridgehead atoms. The second-order valence-electron chi connectivity index (χ2n) is 4.61. The van der Waals surface area contributed by atoms with Gasteiger partial charge in [0.1, 0.15) is 5.69 Å². The molecular weight excluding hydrogens is 242 g/mol. The van der Waals surface area contributed by atoms with Crippen LogP contribution in [0.25, 0.3) is 0 Å². The lowest BCUT2D eigenvalue weighted by atomic mass is 9.97. The van der Waals surface area contributed by atoms with Crippen LogP contribution in [0.3, 0.4) is 0 Å². The highest BCUT2D eigenvalue weighted by Crippen LogP contribution is 2.18. The lowest BCUT2D eigenvalue weighted by molar-refractivity contribution is 0.0686. The number of carboxylic acids is 1. The first kappa shape index (κ1) is 13.1. The van der Waals surface area contributed by atoms with E-state index in [4.69, 9.17) is 5.11 Å². The first-order chi connectivity index (χ1) is 8.91. The molecule has 0 atom stereocenters. The number of hydrogen-bond acceptors (Lipinski definition) is 2. The zero-order valence-electron chi connectivity index (χ0n) is 11.1. The molecule has 1 heterocycles. The second kappa shape index (κ2) is 4.72. The van der Waals surface area contributed by atoms with Gasteiger partial charge < -0.3 is 9.67 Å². The minimum atomic E-state index is -1.04. The monoisotopic (exact) mass is 257 g/mol. The molecule has 2 rings (SSSR count). The summed E-state index contributed by atoms with van der Waals surface area (Å²) in [7, 11) is 1.61. The van der Waals surface area contributed by atoms with E-state index in [9.17, 15) is 9.59 Å². The molecule has 98 valence electrons. The summed E-state index contributed by atoms with van der Waals surface area (Å²) in [6.07, 6.45) is 1.55. The molecule has 19 heavy (non-hydrogen) atoms. The Kier molecular flexibility index (Phi) is 3.25. The molecule has 4 nitrogen and oxygen atoms in total. The molecule has 0 fully saturated rings. The summed E-state index contributed by atoms with van der Waals surface area (Å²) in [5.41, 5.74) is 3.08. The van der Waals surface area contributed by atoms with Crippen molar-refractivity contribution in [2.75, 3.05) is 0 Å². The van der Waals surface area contributed by atoms with Gasteiger partial charge in [-0.05, 0) is 31.0 Å². The maximum absolute atomic E-state index is 12.4. The van der Waals surface area contributed by atoms with Crippen molar-refractivity contribution in [3.05, 3.63) is 58.4 Å². The fourth-order valence-electron chi connectivity index (χ4n) is 2.05. The summed E-state index contributed by atoms with van der Waals surface area (Å²) in [4.78, 5) is 23.4. The summed E-state index contributed by atoms with van der Waals surface area (Å²) in [5, 5.41) is 9.00. The van der Waals surface area contributed by atoms with Gasteiger partial charge in [0.05, 0.1) is 0 Å². The zero-order chi connectivity index (χ0) is 14.2. The summed E-state index contributed by atoms with van der Waals surface area (Å²) in [5.74, 6) is -1.19. The number of carbonyl (C=O) groups is 2. The molecule has 0 amide bonds. The summed E-state index contributed by atoms with van der Waals surface area (Å²) < 4.78 is 1.45. The predicted molar refractivity (Wildman–Crippen MR) is 71.7 cm³/mol. The van der Waals surface area contributed by atoms with E-state index >= 15 is 0 Å². The Bertz CT molecular complexity index is 668. The molecule has 1 N–H and O–H groups in total. The van der Waals surface area contributed by atoms with E-state index in [1.165, 1.54) is 10.6 Å². The van der Waals surface area contributed by atoms with Crippen molar-refractivity contribution in [2.45, 2.75) is 13.8 Å². The Morgan fingerprint density at radius 2 is 1.89 bits per heavy atom. The highest BCUT2D eigenvalue weighted by atomic mass is 16.4. The third kappa shape index (κ3) is 2.29. The van der Waals surface area contributed by atoms with Gasteiger partial charge in [-0.3, -0.25) is 4.79 Å². The molecule has 0 unspecified atom stereocenters. The van der Waals surface area contributed by atoms with E-state index in [0.717, 1.165) is 11.1 Å². The van der Waals surface area contributed by atoms with Gasteiger partial charge in [-0.15, -0.1) is 0 Å². The first-order valence-corrected chi connectivity index (χ1v) is 5.92. The number of rotatable bonds is 3. The van der Waals surface area contributed by atoms with E-state index in [0.29, 0.717) is 11.1 Å². The number of benzene rings is 1. The van der Waals surface area contributed by atoms with Gasteiger partial charge in [0.15, 0.2) is 5.78 Å². The van der Waals surface area contributed by atoms with E-state index < -0.39 is 5.97 Å². The third-order valence-electron chi connectivity index (χ3n) is 3.34. The molecule has 1 aromatic carbocycles. The van der Waals surface area contributed by atoms with E-state index in [2.05, 4.69) is 0 Å². The van der Waals surface area contributed by atoms with Gasteiger partial charge in [-0.2, -0.15) is 0 Å². The van der Waals surface area contributed by atoms with Gasteiger partial charge in [-0.1, -0.05) is 18.2 Å². The van der Waals surface area contributed by atoms with E-state index in [-0.39, 0.29) is 11.5 Å². The molecule has 0 saturated heterocycles. The minimum absolute atomic E-state index is 0.105. The van der Waals surface area contributed by atoms with Crippen LogP contribution in [-0.4, -0.2) is 21.4 Å². The van der Waals surface area contributed by atoms with Crippen molar-refractivity contribution in [3.63, 3.8) is 0 Å². The molecule has 0 aliphatic heterocycles. The number of aromatic carboxylic acids is 1. The topological polar surface area (TPSA) is 59.3 Å². The Morgan fingerprint density at radius 1 is 1.21 bits per heavy atom. The van der Waals surface area contributed by atoms with Crippen molar-refractivity contribution >= 4 is 11.8 Å². The minimum Gasteiger partial charge on any atom is -0.477 e. The van der Waals surface area contributed by atoms with Gasteiger partial charge >= 0.3 is 5.97 Å². The Labute approximate surface area is 111 Å². The van der Waals surface area contributed by atoms with Crippen LogP contribution in [0.5, 0.6) is 0 Å². The molecule has 0 radical (unpaired) electrons. The Hall–Kier alpha value is -2.36. The molecule has 0 saturated carbocycles. The summed E-state index contributed by atoms with van der Waals surface area (Å²) in [6.45, 7) is 3.84. The van der Waals surface area contributed by atoms with Crippen LogP contribution in [-0.2, 0) is 7.05 Å². The fourth-order valence-corrected chi connectivity index (χ4v) is 2.05. The molecule has 0 aliphatic carbocycles. The first-order valence-electron chi connectivity index (χ1n) is 5.92. The lowest BCUT2D eigenvalue weighted by Crippen LogP contribution is -2.03. The largest absolute Gasteiger partial charge is 0.477 e. The highest BCUT2D eigenvalue weighted by molar-refractivity contribution is 6.10. The number of nitrogens with zero attached hydrogens (tertiary/aromatic N) is 1. The van der Waals surface area contributed by atoms with Gasteiger partial charge in [0, 0.05) is 24.4 Å². The van der Waals surface area contributed by atoms with E-state index in [1.54, 1.807) is 19.3 Å². The standard InChI is InChI=1S/C15H15NO3/c1-9-5-4-6-12(10(9)2)14(17)11-7-13(15(18)19)16(3)8-11/h4-8H,1-3H3,(H,18,19). The zero-order valence-corrected chi connectivity index (χ0v) is 11.1. The molecular formula is C15H15NO3. The van der Waals surface area contributed by atoms with Crippen LogP contribution in [0.1, 0.15) is 37.5 Å². The van der Waals surface area contributed by atoms with Gasteiger partial charge in [-0.25, -0.2) is 4.79 Å². The van der Waals surface area contributed by atoms with Gasteiger partial charge in [0.2, 0.25) is 0 Å². The van der Waals surface area contributed by atoms with Crippen molar-refractivity contribution < 1.29 is 14.7 Å². The van der Waals surface area contributed by atoms with Crippen molar-refractivity contribution in [1.82, 2.24) is 4.57 Å². The highest BCUT2D eigenvalue weighted by Gasteiger charge is 2.17. The number of carbonyl (C=O) groups excluding carboxylic acids is 1. The quantitative estimate of drug-likeness (QED) is 0.860. The van der Waals surface area contributed by atoms with Crippen LogP contribution in [0.15, 0.2) is 30.5 Å². The SMILES string of the molecule is Cc1cccc(C(=O)c2cc(C(=O)O)n(C)c2)c1C. The number of ketones is 1. The fraction of sp³-hybridized carbons (Fsp3) is 0.200. The van der Waals surface area contributed by atoms with Crippen molar-refractivity contribution in [3.8, 4) is 0 Å². The molecule has 2 aromatic rings. The summed E-state index contributed by atoms with van der Waals surface area (Å²) in [6, 6.07) is 6.95. The Balaban J connectivity index is 2.48. The third-order valence-corrected chi connectivity index (χ3v) is 3.34. The maximum Gasteiger partial charge on any atom is 0.352 e. The molecule has 1 aromatic heterocycles. The van der Waals surface area contributed by atoms with Crippen LogP contribution in [0, 0.1) is 13.8 Å². The van der Waals surface area contributed by atoms with E-state index in [1.807, 2.05) is 26.0 Å². The molecule has 0 spiro atoms. The number of carboxylic acid groups (broad SMARTS) is 1. The molecule has 0 aliphatic rings. The number of aryl methyl sites for hydroxylation is 2. The van der Waals surface area contributed by atoms with Crippen molar-refractivity contribution in [2.24, 2.45) is 7.05 Å². The van der Waals surface area contributed by atoms with Crippen LogP contribution in [0.2, 0.25) is 0 Å². The summed E-state index contributed by atoms with van der Waals surface area (Å²) >= 11 is 0. The lowest BCUT2D eigenvalue weighted by Gasteiger charge is -2.06. The second-order valence-corrected chi connectivity index (χ2v) is 4.61. The van der Waals surface area contributed by atoms with Crippen LogP contribution < -0.4 is 0 Å². The van der Waals surface area contributed by atoms with Crippen molar-refractivity contribution in [1.29, 1.82) is 0 Å². The smallest absolute Gasteiger partial charge is 0.352 e. The van der Waals surface area contributed by atoms with Gasteiger partial charge in [0.25, 0.3) is 0 Å². The number of hydrogen-bond donors (Lipinski definition) is 1. The van der Waals surface area contributed by atoms with Crippen LogP contribution >= 0.6 is 0 Å². The molecule has 4 heteroatoms. The normalized spacial score (nSPS) is 10.5. The Morgan fingerprint density at radius 3 is 2.47 bits per heavy atom.